The topological polar surface area (TPSA) is 170 Å². The normalized spacial score (nSPS) is 13.4. The van der Waals surface area contributed by atoms with E-state index in [9.17, 15) is 43.9 Å². The predicted molar refractivity (Wildman–Crippen MR) is 458 cm³/mol. The number of hydrogen-bond donors (Lipinski definition) is 0. The van der Waals surface area contributed by atoms with Gasteiger partial charge in [0.1, 0.15) is 33.5 Å². The van der Waals surface area contributed by atoms with Crippen molar-refractivity contribution < 1.29 is 70.9 Å². The lowest BCUT2D eigenvalue weighted by Gasteiger charge is -2.24. The molecule has 0 aliphatic heterocycles. The van der Waals surface area contributed by atoms with Gasteiger partial charge in [-0.15, -0.1) is 0 Å². The quantitative estimate of drug-likeness (QED) is 0.121. The summed E-state index contributed by atoms with van der Waals surface area (Å²) in [6, 6.07) is 40.3. The van der Waals surface area contributed by atoms with Crippen LogP contribution in [-0.4, -0.2) is 60.3 Å². The van der Waals surface area contributed by atoms with Crippen molar-refractivity contribution in [1.29, 1.82) is 0 Å². The zero-order valence-corrected chi connectivity index (χ0v) is 72.5. The lowest BCUT2D eigenvalue weighted by molar-refractivity contribution is -0.720. The molecule has 0 unspecified atom stereocenters. The molecule has 0 saturated heterocycles. The molecule has 0 bridgehead atoms. The van der Waals surface area contributed by atoms with Crippen molar-refractivity contribution in [3.63, 3.8) is 0 Å². The van der Waals surface area contributed by atoms with Gasteiger partial charge in [0, 0.05) is 18.4 Å². The summed E-state index contributed by atoms with van der Waals surface area (Å²) in [5, 5.41) is 24.8. The van der Waals surface area contributed by atoms with E-state index in [4.69, 9.17) is 13.2 Å². The van der Waals surface area contributed by atoms with Crippen LogP contribution in [0.4, 0.5) is 43.9 Å². The molecule has 0 aliphatic carbocycles. The highest BCUT2D eigenvalue weighted by molar-refractivity contribution is 6.03. The maximum absolute atomic E-state index is 14.2. The third-order valence-corrected chi connectivity index (χ3v) is 22.4. The molecule has 8 aromatic carbocycles. The molecule has 16 nitrogen and oxygen atoms in total. The highest BCUT2D eigenvalue weighted by Gasteiger charge is 2.44. The number of nitrogens with zero attached hydrogens (tertiary/aromatic N) is 16. The molecular formula is C96H98F10N16+4. The molecule has 0 amide bonds. The number of alkyl halides is 6. The lowest BCUT2D eigenvalue weighted by atomic mass is 9.80. The van der Waals surface area contributed by atoms with Crippen molar-refractivity contribution in [2.75, 3.05) is 0 Å². The average Bonchev–Trinajstić information content (AvgIpc) is 0.742. The molecule has 0 fully saturated rings. The predicted octanol–water partition coefficient (Wildman–Crippen LogP) is 21.5. The first-order chi connectivity index (χ1) is 59.2. The van der Waals surface area contributed by atoms with Gasteiger partial charge in [-0.05, 0) is 213 Å². The molecule has 8 aromatic heterocycles. The van der Waals surface area contributed by atoms with Gasteiger partial charge in [0.15, 0.2) is 50.3 Å². The third kappa shape index (κ3) is 16.2. The third-order valence-electron chi connectivity index (χ3n) is 22.4. The molecule has 8 heterocycles. The smallest absolute Gasteiger partial charge is 0.247 e. The second-order valence-electron chi connectivity index (χ2n) is 35.0. The highest BCUT2D eigenvalue weighted by Crippen LogP contribution is 2.46. The van der Waals surface area contributed by atoms with Crippen LogP contribution < -0.4 is 18.7 Å². The molecule has 0 N–H and O–H groups in total. The Kier molecular flexibility index (Phi) is 20.6. The van der Waals surface area contributed by atoms with E-state index in [1.165, 1.54) is 39.8 Å². The van der Waals surface area contributed by atoms with Crippen LogP contribution in [-0.2, 0) is 62.2 Å². The summed E-state index contributed by atoms with van der Waals surface area (Å²) in [6.45, 7) is 35.3. The Bertz CT molecular complexity index is 6420. The molecule has 26 heteroatoms. The summed E-state index contributed by atoms with van der Waals surface area (Å²) < 4.78 is 191. The van der Waals surface area contributed by atoms with Crippen LogP contribution in [0.5, 0.6) is 0 Å². The minimum Gasteiger partial charge on any atom is -0.247 e. The zero-order valence-electron chi connectivity index (χ0n) is 78.5. The number of aromatic nitrogens is 16. The number of hydrogen-bond acceptors (Lipinski definition) is 12. The first-order valence-corrected chi connectivity index (χ1v) is 39.5. The van der Waals surface area contributed by atoms with Crippen molar-refractivity contribution in [3.8, 4) is 45.0 Å². The Balaban J connectivity index is 0.000000146. The van der Waals surface area contributed by atoms with Crippen LogP contribution in [0.1, 0.15) is 181 Å². The molecule has 16 rings (SSSR count). The monoisotopic (exact) mass is 1670 g/mol. The standard InChI is InChI=1S/C25H26F3N4.C25H29N4.C23H20F5N4.C23H23F2N4/c1-13-16-10-8-9-11-17(16)19(24(4,5)6)12-18(13)22-20-21(30-15(3)14(2)29-20)23(25(26,27)28)31-32(22)7;1-14-18-11-9-10-12-19(18)21(25(5,6)7)13-20(14)24-23-22(17(4)28-29(24)8)26-15(2)16(3)27-23;1-11-12-8-6-7-9-13(12)15(22(2,3)4)10-14(11)18-16-17(30-21(25)20(24)29-16)19(23(26,27)28)31-32(18)5;1-12-14-9-7-8-10-15(14)17(23(3,4)5)11-16(12)20-19-18(13(2)28-29(20)6)26-21(24)22(25)27-19/h8-12H,1-7H3;9-13H,1-8H3;6-10H,1-5H3;7-11H,1-6H3/q4*+1/i;4D3;;2D3. The van der Waals surface area contributed by atoms with Crippen LogP contribution in [0.3, 0.4) is 0 Å². The number of halogens is 10. The first kappa shape index (κ1) is 79.6. The SMILES string of the molecule is Cc1c(-c2c3nc(F)c(F)nc3c(C(F)(F)F)n[n+]2C)cc(C(C)(C)C)c2ccccc12.Cc1nc2c(C(F)(F)F)n[n+](C)c(-c3cc(C(C)(C)C)c4ccccc4c3C)c2nc1C.[2H]C([2H])([2H])c1n[n+](C)c(-c2cc(C(C)(C)C)c3ccccc3c2C)c2nc(C)c(C)nc12.[2H]C([2H])([2H])c1n[n+](C)c(-c2cc(C(C)(C)C)c3ccccc3c2C)c2nc(F)c(F)nc12. The molecular weight excluding hydrogens is 1570 g/mol. The van der Waals surface area contributed by atoms with Crippen molar-refractivity contribution in [2.24, 2.45) is 28.2 Å². The molecule has 0 spiro atoms. The van der Waals surface area contributed by atoms with Gasteiger partial charge in [0.25, 0.3) is 46.6 Å². The van der Waals surface area contributed by atoms with E-state index in [-0.39, 0.29) is 55.1 Å². The highest BCUT2D eigenvalue weighted by atomic mass is 19.4. The molecule has 0 saturated carbocycles. The molecule has 0 radical (unpaired) electrons. The van der Waals surface area contributed by atoms with Crippen LogP contribution in [0, 0.1) is 92.9 Å². The first-order valence-electron chi connectivity index (χ1n) is 42.5. The van der Waals surface area contributed by atoms with Crippen LogP contribution >= 0.6 is 0 Å². The van der Waals surface area contributed by atoms with Gasteiger partial charge in [0.05, 0.1) is 45.0 Å². The fourth-order valence-corrected chi connectivity index (χ4v) is 16.1. The van der Waals surface area contributed by atoms with Crippen molar-refractivity contribution in [1.82, 2.24) is 60.3 Å². The number of benzene rings is 8. The maximum atomic E-state index is 14.2. The fraction of sp³-hybridized carbons (Fsp3) is 0.333. The lowest BCUT2D eigenvalue weighted by Crippen LogP contribution is -2.39. The van der Waals surface area contributed by atoms with Gasteiger partial charge < -0.3 is 0 Å². The maximum Gasteiger partial charge on any atom is 0.441 e. The van der Waals surface area contributed by atoms with E-state index in [0.717, 1.165) is 98.5 Å². The van der Waals surface area contributed by atoms with Crippen LogP contribution in [0.2, 0.25) is 0 Å². The van der Waals surface area contributed by atoms with Gasteiger partial charge >= 0.3 is 12.4 Å². The molecule has 16 aromatic rings. The number of rotatable bonds is 4. The van der Waals surface area contributed by atoms with E-state index >= 15 is 0 Å². The molecule has 0 atom stereocenters. The Morgan fingerprint density at radius 3 is 0.721 bits per heavy atom. The van der Waals surface area contributed by atoms with Crippen molar-refractivity contribution in [2.45, 2.75) is 186 Å². The summed E-state index contributed by atoms with van der Waals surface area (Å²) in [5.74, 6) is -6.14. The summed E-state index contributed by atoms with van der Waals surface area (Å²) >= 11 is 0. The summed E-state index contributed by atoms with van der Waals surface area (Å²) in [7, 11) is 6.20. The largest absolute Gasteiger partial charge is 0.441 e. The minimum atomic E-state index is -4.93. The van der Waals surface area contributed by atoms with E-state index < -0.39 is 78.0 Å². The van der Waals surface area contributed by atoms with Gasteiger partial charge in [0.2, 0.25) is 11.4 Å². The second kappa shape index (κ2) is 31.7. The Hall–Kier alpha value is -12.2. The van der Waals surface area contributed by atoms with Gasteiger partial charge in [-0.1, -0.05) is 199 Å². The Labute approximate surface area is 709 Å². The van der Waals surface area contributed by atoms with Gasteiger partial charge in [-0.3, -0.25) is 0 Å². The molecule has 628 valence electrons. The van der Waals surface area contributed by atoms with Crippen LogP contribution in [0.25, 0.3) is 132 Å². The second-order valence-corrected chi connectivity index (χ2v) is 35.0. The number of aryl methyl sites for hydroxylation is 14. The summed E-state index contributed by atoms with van der Waals surface area (Å²) in [6.07, 6.45) is -9.57. The van der Waals surface area contributed by atoms with Crippen molar-refractivity contribution >= 4 is 87.2 Å². The number of fused-ring (bicyclic) bond motifs is 8. The van der Waals surface area contributed by atoms with E-state index in [0.29, 0.717) is 50.6 Å². The zero-order chi connectivity index (χ0) is 94.3. The Morgan fingerprint density at radius 2 is 0.459 bits per heavy atom. The van der Waals surface area contributed by atoms with Gasteiger partial charge in [-0.2, -0.15) is 43.9 Å². The van der Waals surface area contributed by atoms with Crippen LogP contribution in [0.15, 0.2) is 121 Å². The average molecular weight is 1670 g/mol. The molecule has 0 aliphatic rings. The molecule has 122 heavy (non-hydrogen) atoms. The van der Waals surface area contributed by atoms with E-state index in [2.05, 4.69) is 167 Å². The minimum absolute atomic E-state index is 0.0242. The summed E-state index contributed by atoms with van der Waals surface area (Å²) in [5.41, 5.74) is 11.0. The van der Waals surface area contributed by atoms with E-state index in [1.54, 1.807) is 32.6 Å². The van der Waals surface area contributed by atoms with Gasteiger partial charge in [-0.25, -0.2) is 39.9 Å². The Morgan fingerprint density at radius 1 is 0.262 bits per heavy atom. The van der Waals surface area contributed by atoms with E-state index in [1.807, 2.05) is 134 Å². The fourth-order valence-electron chi connectivity index (χ4n) is 16.1. The van der Waals surface area contributed by atoms with Crippen molar-refractivity contribution in [3.05, 3.63) is 235 Å². The summed E-state index contributed by atoms with van der Waals surface area (Å²) in [4.78, 5) is 32.5.